The summed E-state index contributed by atoms with van der Waals surface area (Å²) in [6.45, 7) is 6.85. The Balaban J connectivity index is 2.75. The van der Waals surface area contributed by atoms with Gasteiger partial charge in [0.1, 0.15) is 6.33 Å². The van der Waals surface area contributed by atoms with Crippen LogP contribution < -0.4 is 0 Å². The predicted molar refractivity (Wildman–Crippen MR) is 55.2 cm³/mol. The van der Waals surface area contributed by atoms with Crippen LogP contribution in [-0.2, 0) is 0 Å². The highest BCUT2D eigenvalue weighted by Crippen LogP contribution is 2.05. The minimum Gasteiger partial charge on any atom is -0.322 e. The molecule has 78 valence electrons. The van der Waals surface area contributed by atoms with E-state index in [1.807, 2.05) is 11.8 Å². The Morgan fingerprint density at radius 2 is 2.29 bits per heavy atom. The number of rotatable bonds is 3. The van der Waals surface area contributed by atoms with Crippen molar-refractivity contribution in [2.45, 2.75) is 33.2 Å². The molecular weight excluding hydrogens is 178 g/mol. The van der Waals surface area contributed by atoms with Crippen molar-refractivity contribution in [2.24, 2.45) is 0 Å². The predicted octanol–water partition coefficient (Wildman–Crippen LogP) is 1.97. The maximum atomic E-state index is 11.9. The number of hydrogen-bond acceptors (Lipinski definition) is 2. The lowest BCUT2D eigenvalue weighted by Gasteiger charge is -2.26. The van der Waals surface area contributed by atoms with Crippen molar-refractivity contribution in [3.63, 3.8) is 0 Å². The van der Waals surface area contributed by atoms with Crippen molar-refractivity contribution >= 4 is 6.03 Å². The van der Waals surface area contributed by atoms with Crippen molar-refractivity contribution in [2.75, 3.05) is 6.54 Å². The number of nitrogens with zero attached hydrogens (tertiary/aromatic N) is 3. The first-order chi connectivity index (χ1) is 6.70. The van der Waals surface area contributed by atoms with E-state index in [1.165, 1.54) is 10.9 Å². The zero-order chi connectivity index (χ0) is 10.6. The first kappa shape index (κ1) is 10.8. The van der Waals surface area contributed by atoms with Crippen molar-refractivity contribution < 1.29 is 4.79 Å². The molecule has 4 heteroatoms. The molecule has 4 nitrogen and oxygen atoms in total. The standard InChI is InChI=1S/C10H17N3O/c1-4-9(3)13(5-2)10(14)12-7-6-11-8-12/h6-9H,4-5H2,1-3H3. The molecule has 0 fully saturated rings. The van der Waals surface area contributed by atoms with Crippen LogP contribution in [0.25, 0.3) is 0 Å². The maximum Gasteiger partial charge on any atom is 0.329 e. The van der Waals surface area contributed by atoms with Crippen LogP contribution in [0.5, 0.6) is 0 Å². The second kappa shape index (κ2) is 4.79. The van der Waals surface area contributed by atoms with Gasteiger partial charge in [-0.25, -0.2) is 9.78 Å². The van der Waals surface area contributed by atoms with Gasteiger partial charge in [0.25, 0.3) is 0 Å². The molecule has 0 aliphatic heterocycles. The molecule has 0 saturated heterocycles. The molecule has 1 amide bonds. The number of amides is 1. The lowest BCUT2D eigenvalue weighted by molar-refractivity contribution is 0.182. The van der Waals surface area contributed by atoms with E-state index in [0.717, 1.165) is 13.0 Å². The summed E-state index contributed by atoms with van der Waals surface area (Å²) in [6, 6.07) is 0.272. The zero-order valence-corrected chi connectivity index (χ0v) is 8.97. The summed E-state index contributed by atoms with van der Waals surface area (Å²) in [6.07, 6.45) is 5.79. The van der Waals surface area contributed by atoms with Gasteiger partial charge in [0.05, 0.1) is 0 Å². The van der Waals surface area contributed by atoms with Crippen LogP contribution in [-0.4, -0.2) is 33.1 Å². The number of carbonyl (C=O) groups is 1. The average Bonchev–Trinajstić information content (AvgIpc) is 2.71. The molecule has 14 heavy (non-hydrogen) atoms. The van der Waals surface area contributed by atoms with Crippen molar-refractivity contribution in [3.05, 3.63) is 18.7 Å². The monoisotopic (exact) mass is 195 g/mol. The van der Waals surface area contributed by atoms with Gasteiger partial charge in [-0.3, -0.25) is 4.57 Å². The molecule has 1 atom stereocenters. The van der Waals surface area contributed by atoms with E-state index in [1.54, 1.807) is 12.4 Å². The van der Waals surface area contributed by atoms with Gasteiger partial charge < -0.3 is 4.90 Å². The highest BCUT2D eigenvalue weighted by molar-refractivity contribution is 5.76. The second-order valence-corrected chi connectivity index (χ2v) is 3.30. The van der Waals surface area contributed by atoms with Gasteiger partial charge in [-0.05, 0) is 20.3 Å². The van der Waals surface area contributed by atoms with Crippen LogP contribution in [0.15, 0.2) is 18.7 Å². The highest BCUT2D eigenvalue weighted by atomic mass is 16.2. The topological polar surface area (TPSA) is 38.1 Å². The molecule has 0 N–H and O–H groups in total. The number of carbonyl (C=O) groups excluding carboxylic acids is 1. The van der Waals surface area contributed by atoms with Crippen LogP contribution >= 0.6 is 0 Å². The SMILES string of the molecule is CCC(C)N(CC)C(=O)n1ccnc1. The maximum absolute atomic E-state index is 11.9. The Kier molecular flexibility index (Phi) is 3.68. The molecule has 1 heterocycles. The van der Waals surface area contributed by atoms with E-state index in [4.69, 9.17) is 0 Å². The fourth-order valence-electron chi connectivity index (χ4n) is 1.38. The van der Waals surface area contributed by atoms with E-state index in [2.05, 4.69) is 18.8 Å². The Bertz CT molecular complexity index is 282. The third-order valence-corrected chi connectivity index (χ3v) is 2.43. The van der Waals surface area contributed by atoms with Crippen LogP contribution in [0.3, 0.4) is 0 Å². The second-order valence-electron chi connectivity index (χ2n) is 3.30. The fraction of sp³-hybridized carbons (Fsp3) is 0.600. The van der Waals surface area contributed by atoms with Crippen molar-refractivity contribution in [1.82, 2.24) is 14.5 Å². The van der Waals surface area contributed by atoms with Gasteiger partial charge in [0.15, 0.2) is 0 Å². The fourth-order valence-corrected chi connectivity index (χ4v) is 1.38. The zero-order valence-electron chi connectivity index (χ0n) is 8.97. The highest BCUT2D eigenvalue weighted by Gasteiger charge is 2.17. The van der Waals surface area contributed by atoms with E-state index in [9.17, 15) is 4.79 Å². The minimum absolute atomic E-state index is 0.000602. The molecule has 0 spiro atoms. The van der Waals surface area contributed by atoms with Gasteiger partial charge in [-0.2, -0.15) is 0 Å². The number of imidazole rings is 1. The summed E-state index contributed by atoms with van der Waals surface area (Å²) in [5.74, 6) is 0. The molecule has 0 radical (unpaired) electrons. The Labute approximate surface area is 84.5 Å². The molecule has 1 aromatic heterocycles. The Morgan fingerprint density at radius 1 is 1.57 bits per heavy atom. The largest absolute Gasteiger partial charge is 0.329 e. The van der Waals surface area contributed by atoms with Crippen LogP contribution in [0.2, 0.25) is 0 Å². The summed E-state index contributed by atoms with van der Waals surface area (Å²) in [4.78, 5) is 17.6. The normalized spacial score (nSPS) is 12.5. The third kappa shape index (κ3) is 2.13. The molecule has 0 aliphatic carbocycles. The van der Waals surface area contributed by atoms with Crippen LogP contribution in [0.4, 0.5) is 4.79 Å². The molecule has 1 unspecified atom stereocenters. The third-order valence-electron chi connectivity index (χ3n) is 2.43. The summed E-state index contributed by atoms with van der Waals surface area (Å²) >= 11 is 0. The smallest absolute Gasteiger partial charge is 0.322 e. The van der Waals surface area contributed by atoms with Gasteiger partial charge in [0, 0.05) is 25.0 Å². The van der Waals surface area contributed by atoms with Crippen LogP contribution in [0.1, 0.15) is 27.2 Å². The molecule has 0 aliphatic rings. The molecule has 0 aromatic carbocycles. The molecule has 1 rings (SSSR count). The van der Waals surface area contributed by atoms with E-state index < -0.39 is 0 Å². The Morgan fingerprint density at radius 3 is 2.71 bits per heavy atom. The summed E-state index contributed by atoms with van der Waals surface area (Å²) in [7, 11) is 0. The van der Waals surface area contributed by atoms with Crippen LogP contribution in [0, 0.1) is 0 Å². The molecular formula is C10H17N3O. The van der Waals surface area contributed by atoms with Gasteiger partial charge in [0.2, 0.25) is 0 Å². The summed E-state index contributed by atoms with van der Waals surface area (Å²) in [5, 5.41) is 0. The number of hydrogen-bond donors (Lipinski definition) is 0. The van der Waals surface area contributed by atoms with E-state index >= 15 is 0 Å². The van der Waals surface area contributed by atoms with Gasteiger partial charge >= 0.3 is 6.03 Å². The lowest BCUT2D eigenvalue weighted by atomic mass is 10.2. The van der Waals surface area contributed by atoms with Gasteiger partial charge in [-0.1, -0.05) is 6.92 Å². The first-order valence-corrected chi connectivity index (χ1v) is 4.99. The average molecular weight is 195 g/mol. The van der Waals surface area contributed by atoms with Crippen molar-refractivity contribution in [1.29, 1.82) is 0 Å². The van der Waals surface area contributed by atoms with E-state index in [-0.39, 0.29) is 12.1 Å². The Hall–Kier alpha value is -1.32. The molecule has 0 bridgehead atoms. The quantitative estimate of drug-likeness (QED) is 0.739. The summed E-state index contributed by atoms with van der Waals surface area (Å²) in [5.41, 5.74) is 0. The first-order valence-electron chi connectivity index (χ1n) is 4.99. The van der Waals surface area contributed by atoms with Gasteiger partial charge in [-0.15, -0.1) is 0 Å². The molecule has 1 aromatic rings. The lowest BCUT2D eigenvalue weighted by Crippen LogP contribution is -2.40. The summed E-state index contributed by atoms with van der Waals surface area (Å²) < 4.78 is 1.51. The number of aromatic nitrogens is 2. The van der Waals surface area contributed by atoms with Crippen molar-refractivity contribution in [3.8, 4) is 0 Å². The minimum atomic E-state index is -0.000602. The van der Waals surface area contributed by atoms with E-state index in [0.29, 0.717) is 0 Å². The molecule has 0 saturated carbocycles.